The van der Waals surface area contributed by atoms with Crippen molar-refractivity contribution in [3.63, 3.8) is 0 Å². The lowest BCUT2D eigenvalue weighted by Gasteiger charge is -2.26. The van der Waals surface area contributed by atoms with Crippen molar-refractivity contribution in [2.24, 2.45) is 0 Å². The van der Waals surface area contributed by atoms with Crippen molar-refractivity contribution in [3.05, 3.63) is 34.3 Å². The van der Waals surface area contributed by atoms with Crippen LogP contribution in [0.25, 0.3) is 0 Å². The Morgan fingerprint density at radius 1 is 1.36 bits per heavy atom. The number of benzene rings is 1. The molecule has 0 fully saturated rings. The molecule has 2 rings (SSSR count). The van der Waals surface area contributed by atoms with E-state index in [4.69, 9.17) is 11.6 Å². The maximum Gasteiger partial charge on any atom is 0.409 e. The summed E-state index contributed by atoms with van der Waals surface area (Å²) in [5, 5.41) is 2.20. The number of hydrogen-bond donors (Lipinski definition) is 1. The number of urea groups is 1. The van der Waals surface area contributed by atoms with Crippen molar-refractivity contribution in [2.75, 3.05) is 19.8 Å². The van der Waals surface area contributed by atoms with Gasteiger partial charge in [0.15, 0.2) is 0 Å². The number of amides is 2. The van der Waals surface area contributed by atoms with Crippen LogP contribution in [-0.2, 0) is 23.1 Å². The lowest BCUT2D eigenvalue weighted by atomic mass is 10.1. The smallest absolute Gasteiger partial charge is 0.325 e. The Balaban J connectivity index is 2.13. The van der Waals surface area contributed by atoms with Gasteiger partial charge in [-0.1, -0.05) is 23.7 Å². The van der Waals surface area contributed by atoms with E-state index in [1.54, 1.807) is 23.5 Å². The molecule has 1 aliphatic rings. The number of hydrogen-bond acceptors (Lipinski definition) is 3. The summed E-state index contributed by atoms with van der Waals surface area (Å²) in [4.78, 5) is 13.4. The molecule has 1 aliphatic heterocycles. The summed E-state index contributed by atoms with van der Waals surface area (Å²) in [5.74, 6) is -1.27. The number of sulfonamides is 1. The SMILES string of the molecule is CN(C)S(=O)(=O)CC(NC(=O)N1Cc2cccc(Cl)c2C1)C(F)(F)F. The van der Waals surface area contributed by atoms with Crippen molar-refractivity contribution in [2.45, 2.75) is 25.3 Å². The topological polar surface area (TPSA) is 69.7 Å². The van der Waals surface area contributed by atoms with Gasteiger partial charge < -0.3 is 10.2 Å². The number of alkyl halides is 3. The van der Waals surface area contributed by atoms with E-state index in [9.17, 15) is 26.4 Å². The molecule has 140 valence electrons. The van der Waals surface area contributed by atoms with Crippen molar-refractivity contribution in [1.29, 1.82) is 0 Å². The zero-order valence-corrected chi connectivity index (χ0v) is 15.0. The minimum Gasteiger partial charge on any atom is -0.325 e. The third-order valence-corrected chi connectivity index (χ3v) is 6.06. The average molecular weight is 400 g/mol. The first-order valence-electron chi connectivity index (χ1n) is 7.20. The summed E-state index contributed by atoms with van der Waals surface area (Å²) in [6, 6.07) is 1.54. The quantitative estimate of drug-likeness (QED) is 0.843. The van der Waals surface area contributed by atoms with Crippen LogP contribution >= 0.6 is 11.6 Å². The summed E-state index contributed by atoms with van der Waals surface area (Å²) >= 11 is 6.02. The second-order valence-corrected chi connectivity index (χ2v) is 8.47. The summed E-state index contributed by atoms with van der Waals surface area (Å²) < 4.78 is 63.7. The molecule has 25 heavy (non-hydrogen) atoms. The van der Waals surface area contributed by atoms with Gasteiger partial charge in [0.2, 0.25) is 10.0 Å². The van der Waals surface area contributed by atoms with Gasteiger partial charge >= 0.3 is 12.2 Å². The number of rotatable bonds is 4. The van der Waals surface area contributed by atoms with Crippen molar-refractivity contribution < 1.29 is 26.4 Å². The van der Waals surface area contributed by atoms with Crippen LogP contribution in [0.2, 0.25) is 5.02 Å². The third-order valence-electron chi connectivity index (χ3n) is 3.84. The van der Waals surface area contributed by atoms with E-state index < -0.39 is 34.0 Å². The standard InChI is InChI=1S/C14H17ClF3N3O3S/c1-20(2)25(23,24)8-12(14(16,17)18)19-13(22)21-6-9-4-3-5-11(15)10(9)7-21/h3-5,12H,6-8H2,1-2H3,(H,19,22). The van der Waals surface area contributed by atoms with Crippen molar-refractivity contribution >= 4 is 27.7 Å². The molecule has 1 N–H and O–H groups in total. The van der Waals surface area contributed by atoms with Crippen LogP contribution in [0, 0.1) is 0 Å². The Labute approximate surface area is 148 Å². The molecule has 0 aromatic heterocycles. The average Bonchev–Trinajstić information content (AvgIpc) is 2.91. The summed E-state index contributed by atoms with van der Waals surface area (Å²) in [7, 11) is -1.89. The van der Waals surface area contributed by atoms with Crippen LogP contribution in [0.15, 0.2) is 18.2 Å². The van der Waals surface area contributed by atoms with Gasteiger partial charge in [0.1, 0.15) is 6.04 Å². The Bertz CT molecular complexity index is 768. The molecule has 6 nitrogen and oxygen atoms in total. The Kier molecular flexibility index (Phi) is 5.55. The molecule has 0 radical (unpaired) electrons. The van der Waals surface area contributed by atoms with E-state index in [0.29, 0.717) is 14.9 Å². The highest BCUT2D eigenvalue weighted by Crippen LogP contribution is 2.29. The Morgan fingerprint density at radius 2 is 2.00 bits per heavy atom. The van der Waals surface area contributed by atoms with E-state index in [1.807, 2.05) is 0 Å². The van der Waals surface area contributed by atoms with Crippen LogP contribution in [0.5, 0.6) is 0 Å². The highest BCUT2D eigenvalue weighted by molar-refractivity contribution is 7.89. The first-order valence-corrected chi connectivity index (χ1v) is 9.19. The number of halogens is 4. The van der Waals surface area contributed by atoms with Gasteiger partial charge in [-0.15, -0.1) is 0 Å². The highest BCUT2D eigenvalue weighted by Gasteiger charge is 2.44. The minimum atomic E-state index is -4.90. The molecule has 0 aliphatic carbocycles. The molecule has 0 saturated carbocycles. The van der Waals surface area contributed by atoms with E-state index in [1.165, 1.54) is 0 Å². The van der Waals surface area contributed by atoms with Gasteiger partial charge in [-0.2, -0.15) is 13.2 Å². The van der Waals surface area contributed by atoms with E-state index in [-0.39, 0.29) is 13.1 Å². The monoisotopic (exact) mass is 399 g/mol. The van der Waals surface area contributed by atoms with Crippen LogP contribution in [0.3, 0.4) is 0 Å². The van der Waals surface area contributed by atoms with Crippen LogP contribution in [0.1, 0.15) is 11.1 Å². The largest absolute Gasteiger partial charge is 0.409 e. The molecular formula is C14H17ClF3N3O3S. The van der Waals surface area contributed by atoms with Gasteiger partial charge in [-0.3, -0.25) is 0 Å². The zero-order chi connectivity index (χ0) is 19.0. The Morgan fingerprint density at radius 3 is 2.52 bits per heavy atom. The summed E-state index contributed by atoms with van der Waals surface area (Å²) in [6.45, 7) is 0.165. The number of carbonyl (C=O) groups is 1. The fraction of sp³-hybridized carbons (Fsp3) is 0.500. The van der Waals surface area contributed by atoms with Gasteiger partial charge in [-0.25, -0.2) is 17.5 Å². The Hall–Kier alpha value is -1.52. The lowest BCUT2D eigenvalue weighted by Crippen LogP contribution is -2.53. The number of nitrogens with zero attached hydrogens (tertiary/aromatic N) is 2. The predicted octanol–water partition coefficient (Wildman–Crippen LogP) is 2.19. The second-order valence-electron chi connectivity index (χ2n) is 5.84. The van der Waals surface area contributed by atoms with E-state index in [2.05, 4.69) is 0 Å². The predicted molar refractivity (Wildman–Crippen MR) is 86.5 cm³/mol. The molecular weight excluding hydrogens is 383 g/mol. The van der Waals surface area contributed by atoms with Crippen LogP contribution in [0.4, 0.5) is 18.0 Å². The lowest BCUT2D eigenvalue weighted by molar-refractivity contribution is -0.148. The fourth-order valence-electron chi connectivity index (χ4n) is 2.34. The van der Waals surface area contributed by atoms with Gasteiger partial charge in [0.05, 0.1) is 5.75 Å². The normalized spacial score (nSPS) is 16.0. The molecule has 11 heteroatoms. The molecule has 1 heterocycles. The number of nitrogens with one attached hydrogen (secondary N) is 1. The molecule has 0 bridgehead atoms. The second kappa shape index (κ2) is 7.00. The van der Waals surface area contributed by atoms with E-state index >= 15 is 0 Å². The molecule has 1 unspecified atom stereocenters. The first-order chi connectivity index (χ1) is 11.4. The molecule has 0 spiro atoms. The number of fused-ring (bicyclic) bond motifs is 1. The van der Waals surface area contributed by atoms with Crippen LogP contribution < -0.4 is 5.32 Å². The van der Waals surface area contributed by atoms with Gasteiger partial charge in [0, 0.05) is 32.2 Å². The maximum atomic E-state index is 13.2. The molecule has 0 saturated heterocycles. The van der Waals surface area contributed by atoms with Crippen molar-refractivity contribution in [1.82, 2.24) is 14.5 Å². The molecule has 1 atom stereocenters. The maximum absolute atomic E-state index is 13.2. The van der Waals surface area contributed by atoms with Crippen molar-refractivity contribution in [3.8, 4) is 0 Å². The first kappa shape index (κ1) is 19.8. The summed E-state index contributed by atoms with van der Waals surface area (Å²) in [6.07, 6.45) is -4.90. The summed E-state index contributed by atoms with van der Waals surface area (Å²) in [5.41, 5.74) is 1.41. The minimum absolute atomic E-state index is 0.0614. The third kappa shape index (κ3) is 4.56. The number of carbonyl (C=O) groups excluding carboxylic acids is 1. The molecule has 1 aromatic rings. The zero-order valence-electron chi connectivity index (χ0n) is 13.5. The van der Waals surface area contributed by atoms with Gasteiger partial charge in [-0.05, 0) is 17.2 Å². The van der Waals surface area contributed by atoms with Crippen LogP contribution in [-0.4, -0.2) is 55.7 Å². The molecule has 1 aromatic carbocycles. The van der Waals surface area contributed by atoms with Gasteiger partial charge in [0.25, 0.3) is 0 Å². The highest BCUT2D eigenvalue weighted by atomic mass is 35.5. The fourth-order valence-corrected chi connectivity index (χ4v) is 3.59. The molecule has 2 amide bonds. The van der Waals surface area contributed by atoms with E-state index in [0.717, 1.165) is 24.6 Å².